The van der Waals surface area contributed by atoms with Crippen LogP contribution >= 0.6 is 12.2 Å². The summed E-state index contributed by atoms with van der Waals surface area (Å²) in [5.74, 6) is -0.281. The third-order valence-corrected chi connectivity index (χ3v) is 4.68. The van der Waals surface area contributed by atoms with Crippen LogP contribution in [0.2, 0.25) is 0 Å². The van der Waals surface area contributed by atoms with Crippen LogP contribution in [0.1, 0.15) is 16.7 Å². The molecule has 3 rings (SSSR count). The molecule has 0 aromatic heterocycles. The minimum Gasteiger partial charge on any atom is -0.394 e. The Hall–Kier alpha value is -1.11. The van der Waals surface area contributed by atoms with Crippen molar-refractivity contribution in [1.29, 1.82) is 0 Å². The standard InChI is InChI=1S/C16H18O4S/c1-8-2-4-10-9(6-8)3-5-11(16(10)21)15-14(19)13(18)12(7-17)20-15/h2-6,11-15,17-19H,7H2,1H3. The number of aliphatic hydroxyl groups is 3. The van der Waals surface area contributed by atoms with E-state index in [2.05, 4.69) is 6.07 Å². The van der Waals surface area contributed by atoms with Crippen LogP contribution in [0.25, 0.3) is 6.08 Å². The molecule has 2 aliphatic rings. The van der Waals surface area contributed by atoms with Gasteiger partial charge in [-0.05, 0) is 18.1 Å². The molecular formula is C16H18O4S. The van der Waals surface area contributed by atoms with Crippen LogP contribution in [-0.2, 0) is 4.74 Å². The monoisotopic (exact) mass is 306 g/mol. The fraction of sp³-hybridized carbons (Fsp3) is 0.438. The highest BCUT2D eigenvalue weighted by Crippen LogP contribution is 2.34. The van der Waals surface area contributed by atoms with Gasteiger partial charge in [0, 0.05) is 10.8 Å². The predicted molar refractivity (Wildman–Crippen MR) is 83.2 cm³/mol. The molecule has 21 heavy (non-hydrogen) atoms. The second-order valence-corrected chi connectivity index (χ2v) is 6.08. The molecule has 4 nitrogen and oxygen atoms in total. The number of hydrogen-bond acceptors (Lipinski definition) is 5. The van der Waals surface area contributed by atoms with Gasteiger partial charge in [0.1, 0.15) is 18.3 Å². The summed E-state index contributed by atoms with van der Waals surface area (Å²) in [6.45, 7) is 1.70. The second kappa shape index (κ2) is 5.59. The van der Waals surface area contributed by atoms with Crippen molar-refractivity contribution >= 4 is 23.2 Å². The Morgan fingerprint density at radius 2 is 2.00 bits per heavy atom. The lowest BCUT2D eigenvalue weighted by atomic mass is 9.83. The Morgan fingerprint density at radius 1 is 1.24 bits per heavy atom. The van der Waals surface area contributed by atoms with Gasteiger partial charge in [-0.15, -0.1) is 0 Å². The van der Waals surface area contributed by atoms with E-state index in [9.17, 15) is 15.3 Å². The van der Waals surface area contributed by atoms with Crippen LogP contribution in [0.3, 0.4) is 0 Å². The van der Waals surface area contributed by atoms with E-state index in [-0.39, 0.29) is 12.5 Å². The lowest BCUT2D eigenvalue weighted by Gasteiger charge is -2.27. The molecule has 5 heteroatoms. The van der Waals surface area contributed by atoms with Gasteiger partial charge in [0.05, 0.1) is 12.7 Å². The topological polar surface area (TPSA) is 69.9 Å². The summed E-state index contributed by atoms with van der Waals surface area (Å²) in [6, 6.07) is 6.04. The predicted octanol–water partition coefficient (Wildman–Crippen LogP) is 0.838. The maximum Gasteiger partial charge on any atom is 0.111 e. The van der Waals surface area contributed by atoms with Crippen molar-refractivity contribution in [3.05, 3.63) is 41.0 Å². The van der Waals surface area contributed by atoms with Crippen LogP contribution in [0.15, 0.2) is 24.3 Å². The number of fused-ring (bicyclic) bond motifs is 1. The molecule has 5 atom stereocenters. The Labute approximate surface area is 128 Å². The third-order valence-electron chi connectivity index (χ3n) is 4.19. The first kappa shape index (κ1) is 14.8. The molecule has 0 radical (unpaired) electrons. The second-order valence-electron chi connectivity index (χ2n) is 5.64. The maximum atomic E-state index is 10.1. The van der Waals surface area contributed by atoms with Gasteiger partial charge in [0.25, 0.3) is 0 Å². The Bertz CT molecular complexity index is 598. The largest absolute Gasteiger partial charge is 0.394 e. The number of hydrogen-bond donors (Lipinski definition) is 3. The van der Waals surface area contributed by atoms with Gasteiger partial charge in [-0.2, -0.15) is 0 Å². The maximum absolute atomic E-state index is 10.1. The summed E-state index contributed by atoms with van der Waals surface area (Å²) in [4.78, 5) is 0.697. The van der Waals surface area contributed by atoms with E-state index in [0.717, 1.165) is 16.7 Å². The summed E-state index contributed by atoms with van der Waals surface area (Å²) in [7, 11) is 0. The minimum absolute atomic E-state index is 0.281. The highest BCUT2D eigenvalue weighted by atomic mass is 32.1. The lowest BCUT2D eigenvalue weighted by Crippen LogP contribution is -2.39. The number of rotatable bonds is 2. The first-order valence-corrected chi connectivity index (χ1v) is 7.39. The molecular weight excluding hydrogens is 288 g/mol. The van der Waals surface area contributed by atoms with Crippen LogP contribution in [0.4, 0.5) is 0 Å². The molecule has 1 aliphatic heterocycles. The van der Waals surface area contributed by atoms with Crippen molar-refractivity contribution < 1.29 is 20.1 Å². The molecule has 1 aromatic carbocycles. The first-order valence-electron chi connectivity index (χ1n) is 6.98. The molecule has 1 aliphatic carbocycles. The zero-order chi connectivity index (χ0) is 15.1. The smallest absolute Gasteiger partial charge is 0.111 e. The van der Waals surface area contributed by atoms with Crippen LogP contribution in [0.5, 0.6) is 0 Å². The zero-order valence-electron chi connectivity index (χ0n) is 11.6. The number of thiocarbonyl (C=S) groups is 1. The van der Waals surface area contributed by atoms with Crippen LogP contribution < -0.4 is 0 Å². The fourth-order valence-corrected chi connectivity index (χ4v) is 3.40. The molecule has 1 heterocycles. The molecule has 1 saturated heterocycles. The van der Waals surface area contributed by atoms with Gasteiger partial charge < -0.3 is 20.1 Å². The molecule has 1 aromatic rings. The van der Waals surface area contributed by atoms with Crippen molar-refractivity contribution in [3.8, 4) is 0 Å². The molecule has 1 fully saturated rings. The van der Waals surface area contributed by atoms with Crippen molar-refractivity contribution in [2.24, 2.45) is 5.92 Å². The zero-order valence-corrected chi connectivity index (χ0v) is 12.5. The minimum atomic E-state index is -1.09. The van der Waals surface area contributed by atoms with Gasteiger partial charge in [-0.3, -0.25) is 0 Å². The van der Waals surface area contributed by atoms with E-state index in [0.29, 0.717) is 4.86 Å². The number of aliphatic hydroxyl groups excluding tert-OH is 3. The van der Waals surface area contributed by atoms with Crippen molar-refractivity contribution in [3.63, 3.8) is 0 Å². The van der Waals surface area contributed by atoms with E-state index < -0.39 is 24.4 Å². The van der Waals surface area contributed by atoms with Crippen molar-refractivity contribution in [2.45, 2.75) is 31.3 Å². The van der Waals surface area contributed by atoms with Crippen molar-refractivity contribution in [2.75, 3.05) is 6.61 Å². The lowest BCUT2D eigenvalue weighted by molar-refractivity contribution is -0.0268. The van der Waals surface area contributed by atoms with E-state index in [1.165, 1.54) is 0 Å². The average molecular weight is 306 g/mol. The Morgan fingerprint density at radius 3 is 2.67 bits per heavy atom. The molecule has 0 amide bonds. The van der Waals surface area contributed by atoms with E-state index >= 15 is 0 Å². The molecule has 0 saturated carbocycles. The van der Waals surface area contributed by atoms with E-state index in [4.69, 9.17) is 17.0 Å². The summed E-state index contributed by atoms with van der Waals surface area (Å²) < 4.78 is 5.60. The van der Waals surface area contributed by atoms with Gasteiger partial charge in [-0.25, -0.2) is 0 Å². The van der Waals surface area contributed by atoms with Gasteiger partial charge in [0.15, 0.2) is 0 Å². The Balaban J connectivity index is 1.89. The van der Waals surface area contributed by atoms with E-state index in [1.54, 1.807) is 0 Å². The normalized spacial score (nSPS) is 35.0. The highest BCUT2D eigenvalue weighted by molar-refractivity contribution is 7.81. The molecule has 0 bridgehead atoms. The summed E-state index contributed by atoms with van der Waals surface area (Å²) in [5, 5.41) is 29.2. The highest BCUT2D eigenvalue weighted by Gasteiger charge is 2.46. The van der Waals surface area contributed by atoms with Gasteiger partial charge >= 0.3 is 0 Å². The van der Waals surface area contributed by atoms with Gasteiger partial charge in [-0.1, -0.05) is 48.1 Å². The summed E-state index contributed by atoms with van der Waals surface area (Å²) in [5.41, 5.74) is 3.18. The molecule has 5 unspecified atom stereocenters. The molecule has 3 N–H and O–H groups in total. The van der Waals surface area contributed by atoms with Gasteiger partial charge in [0.2, 0.25) is 0 Å². The van der Waals surface area contributed by atoms with Crippen LogP contribution in [-0.4, -0.2) is 51.2 Å². The quantitative estimate of drug-likeness (QED) is 0.706. The molecule has 0 spiro atoms. The van der Waals surface area contributed by atoms with E-state index in [1.807, 2.05) is 31.2 Å². The summed E-state index contributed by atoms with van der Waals surface area (Å²) >= 11 is 5.54. The van der Waals surface area contributed by atoms with Crippen LogP contribution in [0, 0.1) is 12.8 Å². The first-order chi connectivity index (χ1) is 10.0. The third kappa shape index (κ3) is 2.45. The number of benzene rings is 1. The summed E-state index contributed by atoms with van der Waals surface area (Å²) in [6.07, 6.45) is 0.343. The van der Waals surface area contributed by atoms with Crippen molar-refractivity contribution in [1.82, 2.24) is 0 Å². The number of ether oxygens (including phenoxy) is 1. The average Bonchev–Trinajstić information content (AvgIpc) is 2.75. The Kier molecular flexibility index (Phi) is 3.94. The molecule has 112 valence electrons. The fourth-order valence-electron chi connectivity index (χ4n) is 3.00. The SMILES string of the molecule is Cc1ccc2c(c1)C=CC(C1OC(CO)C(O)C1O)C2=S. The number of aryl methyl sites for hydroxylation is 1.